The summed E-state index contributed by atoms with van der Waals surface area (Å²) in [4.78, 5) is 0. The number of hydrogen-bond acceptors (Lipinski definition) is 1. The molecule has 0 radical (unpaired) electrons. The first-order valence-corrected chi connectivity index (χ1v) is 9.24. The van der Waals surface area contributed by atoms with E-state index in [2.05, 4.69) is 60.6 Å². The molecule has 0 aromatic heterocycles. The first kappa shape index (κ1) is 11.6. The van der Waals surface area contributed by atoms with Crippen molar-refractivity contribution in [2.45, 2.75) is 25.9 Å². The molecule has 0 nitrogen and oxygen atoms in total. The SMILES string of the molecule is CC(C)(C)[P+]([S-])([Se-])c1ccccc1. The molecule has 1 aromatic rings. The molecule has 1 atom stereocenters. The van der Waals surface area contributed by atoms with E-state index in [-0.39, 0.29) is 5.16 Å². The number of benzene rings is 1. The van der Waals surface area contributed by atoms with Gasteiger partial charge in [0.05, 0.1) is 0 Å². The van der Waals surface area contributed by atoms with E-state index < -0.39 is 5.15 Å². The molecule has 72 valence electrons. The van der Waals surface area contributed by atoms with E-state index in [1.807, 2.05) is 6.07 Å². The topological polar surface area (TPSA) is 0 Å². The van der Waals surface area contributed by atoms with Crippen LogP contribution in [0.3, 0.4) is 0 Å². The fourth-order valence-corrected chi connectivity index (χ4v) is 3.48. The van der Waals surface area contributed by atoms with Crippen LogP contribution in [0, 0.1) is 0 Å². The Morgan fingerprint density at radius 3 is 2.00 bits per heavy atom. The molecule has 0 saturated heterocycles. The normalized spacial score (nSPS) is 16.7. The standard InChI is InChI=1S/C10H15PSSe/c1-10(2,3)11(12,13)9-7-5-4-6-8-9/h4-8H,1-3H3,(H,12,13)/p-1. The van der Waals surface area contributed by atoms with Gasteiger partial charge in [-0.05, 0) is 0 Å². The molecule has 1 aromatic carbocycles. The Kier molecular flexibility index (Phi) is 3.52. The van der Waals surface area contributed by atoms with Crippen molar-refractivity contribution in [3.05, 3.63) is 30.3 Å². The summed E-state index contributed by atoms with van der Waals surface area (Å²) < 4.78 is 0. The zero-order valence-corrected chi connectivity index (χ0v) is 11.6. The van der Waals surface area contributed by atoms with Crippen molar-refractivity contribution in [3.63, 3.8) is 0 Å². The van der Waals surface area contributed by atoms with Gasteiger partial charge in [0, 0.05) is 0 Å². The summed E-state index contributed by atoms with van der Waals surface area (Å²) in [7, 11) is 0. The van der Waals surface area contributed by atoms with E-state index in [4.69, 9.17) is 12.2 Å². The van der Waals surface area contributed by atoms with Gasteiger partial charge in [0.25, 0.3) is 0 Å². The van der Waals surface area contributed by atoms with Crippen LogP contribution in [0.5, 0.6) is 0 Å². The van der Waals surface area contributed by atoms with E-state index in [0.29, 0.717) is 0 Å². The van der Waals surface area contributed by atoms with Crippen molar-refractivity contribution in [3.8, 4) is 0 Å². The fourth-order valence-electron chi connectivity index (χ4n) is 1.01. The van der Waals surface area contributed by atoms with Gasteiger partial charge >= 0.3 is 94.5 Å². The van der Waals surface area contributed by atoms with Crippen LogP contribution in [0.15, 0.2) is 30.3 Å². The average Bonchev–Trinajstić information content (AvgIpc) is 2.04. The van der Waals surface area contributed by atoms with Crippen molar-refractivity contribution in [1.82, 2.24) is 0 Å². The summed E-state index contributed by atoms with van der Waals surface area (Å²) in [5, 5.41) is -0.0607. The van der Waals surface area contributed by atoms with Crippen LogP contribution in [0.25, 0.3) is 0 Å². The molecule has 0 fully saturated rings. The minimum absolute atomic E-state index is 0.170. The Morgan fingerprint density at radius 2 is 1.62 bits per heavy atom. The second kappa shape index (κ2) is 3.95. The van der Waals surface area contributed by atoms with E-state index in [1.165, 1.54) is 5.30 Å². The van der Waals surface area contributed by atoms with Gasteiger partial charge in [0.15, 0.2) is 0 Å². The Balaban J connectivity index is 3.08. The Bertz CT molecular complexity index is 277. The Morgan fingerprint density at radius 1 is 1.15 bits per heavy atom. The van der Waals surface area contributed by atoms with Crippen molar-refractivity contribution >= 4 is 38.3 Å². The third-order valence-electron chi connectivity index (χ3n) is 1.98. The van der Waals surface area contributed by atoms with Gasteiger partial charge in [-0.2, -0.15) is 0 Å². The molecule has 0 N–H and O–H groups in total. The molecule has 0 saturated carbocycles. The summed E-state index contributed by atoms with van der Waals surface area (Å²) in [5.41, 5.74) is 0. The third-order valence-corrected chi connectivity index (χ3v) is 11.8. The molecule has 0 aliphatic heterocycles. The Hall–Kier alpha value is 0.519. The fraction of sp³-hybridized carbons (Fsp3) is 0.400. The van der Waals surface area contributed by atoms with Crippen LogP contribution in [0.1, 0.15) is 20.8 Å². The molecule has 0 bridgehead atoms. The van der Waals surface area contributed by atoms with Gasteiger partial charge in [0.2, 0.25) is 0 Å². The van der Waals surface area contributed by atoms with Crippen molar-refractivity contribution < 1.29 is 0 Å². The molecule has 0 amide bonds. The monoisotopic (exact) mass is 277 g/mol. The van der Waals surface area contributed by atoms with E-state index in [1.54, 1.807) is 0 Å². The van der Waals surface area contributed by atoms with E-state index >= 15 is 0 Å². The summed E-state index contributed by atoms with van der Waals surface area (Å²) >= 11 is 8.94. The zero-order valence-electron chi connectivity index (χ0n) is 8.15. The average molecular weight is 276 g/mol. The van der Waals surface area contributed by atoms with E-state index in [0.717, 1.165) is 0 Å². The van der Waals surface area contributed by atoms with Crippen LogP contribution in [0.2, 0.25) is 0 Å². The third kappa shape index (κ3) is 2.50. The molecule has 0 aliphatic rings. The molecular formula is C10H14PSSe-. The molecule has 3 heteroatoms. The predicted molar refractivity (Wildman–Crippen MR) is 65.9 cm³/mol. The van der Waals surface area contributed by atoms with E-state index in [9.17, 15) is 0 Å². The zero-order chi connectivity index (χ0) is 10.1. The molecule has 1 rings (SSSR count). The minimum atomic E-state index is -1.52. The first-order chi connectivity index (χ1) is 5.86. The molecule has 13 heavy (non-hydrogen) atoms. The summed E-state index contributed by atoms with van der Waals surface area (Å²) in [6.45, 7) is 6.62. The van der Waals surface area contributed by atoms with Crippen LogP contribution in [-0.4, -0.2) is 20.7 Å². The van der Waals surface area contributed by atoms with Gasteiger partial charge in [-0.15, -0.1) is 0 Å². The van der Waals surface area contributed by atoms with Crippen molar-refractivity contribution in [2.24, 2.45) is 0 Å². The van der Waals surface area contributed by atoms with Gasteiger partial charge in [0.1, 0.15) is 0 Å². The number of rotatable bonds is 1. The maximum atomic E-state index is 5.70. The van der Waals surface area contributed by atoms with Gasteiger partial charge in [-0.25, -0.2) is 0 Å². The van der Waals surface area contributed by atoms with Crippen LogP contribution in [0.4, 0.5) is 0 Å². The summed E-state index contributed by atoms with van der Waals surface area (Å²) in [6.07, 6.45) is 0. The Labute approximate surface area is 94.4 Å². The van der Waals surface area contributed by atoms with Crippen LogP contribution >= 0.6 is 5.15 Å². The first-order valence-electron chi connectivity index (χ1n) is 4.22. The molecule has 0 aliphatic carbocycles. The van der Waals surface area contributed by atoms with Crippen LogP contribution in [-0.2, 0) is 12.2 Å². The van der Waals surface area contributed by atoms with Gasteiger partial charge < -0.3 is 0 Å². The molecule has 0 heterocycles. The second-order valence-electron chi connectivity index (χ2n) is 4.06. The quantitative estimate of drug-likeness (QED) is 0.432. The number of hydrogen-bond donors (Lipinski definition) is 0. The maximum absolute atomic E-state index is 5.70. The summed E-state index contributed by atoms with van der Waals surface area (Å²) in [6, 6.07) is 10.4. The molecule has 0 spiro atoms. The summed E-state index contributed by atoms with van der Waals surface area (Å²) in [5.74, 6) is 0. The second-order valence-corrected chi connectivity index (χ2v) is 13.7. The van der Waals surface area contributed by atoms with Gasteiger partial charge in [-0.1, -0.05) is 0 Å². The van der Waals surface area contributed by atoms with Crippen molar-refractivity contribution in [1.29, 1.82) is 0 Å². The predicted octanol–water partition coefficient (Wildman–Crippen LogP) is 2.67. The van der Waals surface area contributed by atoms with Crippen LogP contribution < -0.4 is 5.30 Å². The molecule has 1 unspecified atom stereocenters. The molecular weight excluding hydrogens is 262 g/mol. The van der Waals surface area contributed by atoms with Gasteiger partial charge in [-0.3, -0.25) is 0 Å². The van der Waals surface area contributed by atoms with Crippen molar-refractivity contribution in [2.75, 3.05) is 0 Å².